The molecule has 0 aromatic heterocycles. The van der Waals surface area contributed by atoms with Gasteiger partial charge < -0.3 is 14.6 Å². The molecule has 0 amide bonds. The largest absolute Gasteiger partial charge is 0.494 e. The summed E-state index contributed by atoms with van der Waals surface area (Å²) < 4.78 is 34.2. The predicted molar refractivity (Wildman–Crippen MR) is 93.6 cm³/mol. The number of benzene rings is 1. The van der Waals surface area contributed by atoms with Crippen LogP contribution in [0, 0.1) is 0 Å². The summed E-state index contributed by atoms with van der Waals surface area (Å²) in [6, 6.07) is 8.01. The second kappa shape index (κ2) is 6.55. The van der Waals surface area contributed by atoms with Gasteiger partial charge in [0.25, 0.3) is 0 Å². The van der Waals surface area contributed by atoms with Crippen molar-refractivity contribution in [1.29, 1.82) is 0 Å². The molecule has 0 aliphatic carbocycles. The van der Waals surface area contributed by atoms with Crippen LogP contribution in [0.1, 0.15) is 33.3 Å². The highest BCUT2D eigenvalue weighted by molar-refractivity contribution is 7.90. The average molecular weight is 339 g/mol. The van der Waals surface area contributed by atoms with Gasteiger partial charge in [0, 0.05) is 19.3 Å². The minimum atomic E-state index is -2.91. The van der Waals surface area contributed by atoms with Gasteiger partial charge in [-0.3, -0.25) is 0 Å². The van der Waals surface area contributed by atoms with Crippen LogP contribution < -0.4 is 10.8 Å². The van der Waals surface area contributed by atoms with E-state index >= 15 is 0 Å². The summed E-state index contributed by atoms with van der Waals surface area (Å²) in [6.07, 6.45) is 1.24. The SMILES string of the molecule is CC1(C)OB(c2ccc(CNCCS(C)(=O)=O)cc2)OC1(C)C. The van der Waals surface area contributed by atoms with Crippen molar-refractivity contribution in [3.05, 3.63) is 29.8 Å². The van der Waals surface area contributed by atoms with E-state index in [-0.39, 0.29) is 24.1 Å². The Morgan fingerprint density at radius 3 is 2.04 bits per heavy atom. The standard InChI is InChI=1S/C16H26BNO4S/c1-15(2)16(3,4)22-17(21-15)14-8-6-13(7-9-14)12-18-10-11-23(5,19)20/h6-9,18H,10-12H2,1-5H3. The molecule has 0 radical (unpaired) electrons. The molecule has 5 nitrogen and oxygen atoms in total. The molecule has 1 saturated heterocycles. The average Bonchev–Trinajstić information content (AvgIpc) is 2.63. The summed E-state index contributed by atoms with van der Waals surface area (Å²) in [5, 5.41) is 3.13. The van der Waals surface area contributed by atoms with Gasteiger partial charge in [-0.05, 0) is 38.7 Å². The molecule has 0 unspecified atom stereocenters. The fraction of sp³-hybridized carbons (Fsp3) is 0.625. The highest BCUT2D eigenvalue weighted by Crippen LogP contribution is 2.36. The lowest BCUT2D eigenvalue weighted by atomic mass is 9.79. The van der Waals surface area contributed by atoms with Crippen LogP contribution in [0.4, 0.5) is 0 Å². The van der Waals surface area contributed by atoms with Crippen LogP contribution in [-0.2, 0) is 25.7 Å². The van der Waals surface area contributed by atoms with E-state index in [0.717, 1.165) is 11.0 Å². The third kappa shape index (κ3) is 4.79. The zero-order valence-electron chi connectivity index (χ0n) is 14.5. The van der Waals surface area contributed by atoms with Gasteiger partial charge in [0.15, 0.2) is 0 Å². The minimum absolute atomic E-state index is 0.152. The Labute approximate surface area is 139 Å². The first-order valence-electron chi connectivity index (χ1n) is 7.83. The van der Waals surface area contributed by atoms with Gasteiger partial charge in [-0.2, -0.15) is 0 Å². The van der Waals surface area contributed by atoms with Gasteiger partial charge in [0.05, 0.1) is 17.0 Å². The van der Waals surface area contributed by atoms with Gasteiger partial charge in [0.2, 0.25) is 0 Å². The van der Waals surface area contributed by atoms with E-state index in [1.165, 1.54) is 6.26 Å². The maximum absolute atomic E-state index is 11.1. The number of nitrogens with one attached hydrogen (secondary N) is 1. The molecule has 7 heteroatoms. The summed E-state index contributed by atoms with van der Waals surface area (Å²) in [5.41, 5.74) is 1.40. The molecular weight excluding hydrogens is 313 g/mol. The van der Waals surface area contributed by atoms with Gasteiger partial charge in [-0.1, -0.05) is 24.3 Å². The molecule has 1 fully saturated rings. The Morgan fingerprint density at radius 2 is 1.57 bits per heavy atom. The Kier molecular flexibility index (Phi) is 5.26. The monoisotopic (exact) mass is 339 g/mol. The molecule has 1 N–H and O–H groups in total. The molecule has 0 saturated carbocycles. The quantitative estimate of drug-likeness (QED) is 0.622. The number of rotatable bonds is 6. The lowest BCUT2D eigenvalue weighted by Gasteiger charge is -2.32. The van der Waals surface area contributed by atoms with Crippen LogP contribution in [0.2, 0.25) is 0 Å². The van der Waals surface area contributed by atoms with E-state index in [0.29, 0.717) is 13.1 Å². The van der Waals surface area contributed by atoms with E-state index in [1.807, 2.05) is 52.0 Å². The summed E-state index contributed by atoms with van der Waals surface area (Å²) in [6.45, 7) is 9.23. The summed E-state index contributed by atoms with van der Waals surface area (Å²) in [7, 11) is -3.27. The molecular formula is C16H26BNO4S. The van der Waals surface area contributed by atoms with Crippen molar-refractivity contribution in [2.75, 3.05) is 18.6 Å². The normalized spacial score (nSPS) is 20.0. The molecule has 0 spiro atoms. The van der Waals surface area contributed by atoms with E-state index < -0.39 is 9.84 Å². The van der Waals surface area contributed by atoms with Crippen molar-refractivity contribution in [3.8, 4) is 0 Å². The van der Waals surface area contributed by atoms with Crippen molar-refractivity contribution in [1.82, 2.24) is 5.32 Å². The van der Waals surface area contributed by atoms with Crippen LogP contribution in [0.25, 0.3) is 0 Å². The first-order chi connectivity index (χ1) is 10.5. The smallest absolute Gasteiger partial charge is 0.399 e. The van der Waals surface area contributed by atoms with Crippen molar-refractivity contribution in [2.45, 2.75) is 45.4 Å². The lowest BCUT2D eigenvalue weighted by molar-refractivity contribution is 0.00578. The van der Waals surface area contributed by atoms with Crippen LogP contribution in [0.5, 0.6) is 0 Å². The fourth-order valence-corrected chi connectivity index (χ4v) is 2.78. The van der Waals surface area contributed by atoms with E-state index in [1.54, 1.807) is 0 Å². The third-order valence-electron chi connectivity index (χ3n) is 4.48. The van der Waals surface area contributed by atoms with Crippen LogP contribution in [-0.4, -0.2) is 45.3 Å². The van der Waals surface area contributed by atoms with Crippen LogP contribution in [0.15, 0.2) is 24.3 Å². The molecule has 0 atom stereocenters. The highest BCUT2D eigenvalue weighted by atomic mass is 32.2. The molecule has 2 rings (SSSR count). The molecule has 23 heavy (non-hydrogen) atoms. The van der Waals surface area contributed by atoms with Crippen molar-refractivity contribution in [3.63, 3.8) is 0 Å². The predicted octanol–water partition coefficient (Wildman–Crippen LogP) is 1.12. The fourth-order valence-electron chi connectivity index (χ4n) is 2.26. The molecule has 1 aromatic rings. The maximum atomic E-state index is 11.1. The second-order valence-corrected chi connectivity index (χ2v) is 9.40. The minimum Gasteiger partial charge on any atom is -0.399 e. The molecule has 1 aromatic carbocycles. The van der Waals surface area contributed by atoms with E-state index in [4.69, 9.17) is 9.31 Å². The van der Waals surface area contributed by atoms with Crippen molar-refractivity contribution in [2.24, 2.45) is 0 Å². The first-order valence-corrected chi connectivity index (χ1v) is 9.89. The van der Waals surface area contributed by atoms with E-state index in [9.17, 15) is 8.42 Å². The number of hydrogen-bond donors (Lipinski definition) is 1. The maximum Gasteiger partial charge on any atom is 0.494 e. The van der Waals surface area contributed by atoms with Gasteiger partial charge in [-0.25, -0.2) is 8.42 Å². The molecule has 128 valence electrons. The zero-order chi connectivity index (χ0) is 17.3. The molecule has 0 bridgehead atoms. The van der Waals surface area contributed by atoms with Gasteiger partial charge in [0.1, 0.15) is 9.84 Å². The molecule has 1 aliphatic rings. The number of sulfone groups is 1. The summed E-state index contributed by atoms with van der Waals surface area (Å²) >= 11 is 0. The third-order valence-corrected chi connectivity index (χ3v) is 5.43. The van der Waals surface area contributed by atoms with Gasteiger partial charge >= 0.3 is 7.12 Å². The Balaban J connectivity index is 1.91. The van der Waals surface area contributed by atoms with Crippen molar-refractivity contribution < 1.29 is 17.7 Å². The molecule has 1 heterocycles. The first kappa shape index (κ1) is 18.5. The van der Waals surface area contributed by atoms with Crippen LogP contribution >= 0.6 is 0 Å². The zero-order valence-corrected chi connectivity index (χ0v) is 15.4. The number of hydrogen-bond acceptors (Lipinski definition) is 5. The Bertz CT molecular complexity index is 625. The Hall–Kier alpha value is -0.885. The van der Waals surface area contributed by atoms with Crippen LogP contribution in [0.3, 0.4) is 0 Å². The lowest BCUT2D eigenvalue weighted by Crippen LogP contribution is -2.41. The van der Waals surface area contributed by atoms with E-state index in [2.05, 4.69) is 5.32 Å². The Morgan fingerprint density at radius 1 is 1.04 bits per heavy atom. The summed E-state index contributed by atoms with van der Waals surface area (Å²) in [4.78, 5) is 0. The van der Waals surface area contributed by atoms with Gasteiger partial charge in [-0.15, -0.1) is 0 Å². The topological polar surface area (TPSA) is 64.6 Å². The second-order valence-electron chi connectivity index (χ2n) is 7.14. The van der Waals surface area contributed by atoms with Crippen molar-refractivity contribution >= 4 is 22.4 Å². The molecule has 1 aliphatic heterocycles. The highest BCUT2D eigenvalue weighted by Gasteiger charge is 2.51. The summed E-state index contributed by atoms with van der Waals surface area (Å²) in [5.74, 6) is 0.152.